The van der Waals surface area contributed by atoms with Gasteiger partial charge in [0.05, 0.1) is 23.6 Å². The number of hydrogen-bond donors (Lipinski definition) is 3. The monoisotopic (exact) mass is 500 g/mol. The van der Waals surface area contributed by atoms with Gasteiger partial charge in [-0.2, -0.15) is 0 Å². The van der Waals surface area contributed by atoms with Crippen LogP contribution in [0.4, 0.5) is 11.4 Å². The first-order chi connectivity index (χ1) is 16.8. The number of fused-ring (bicyclic) bond motifs is 1. The second-order valence-corrected chi connectivity index (χ2v) is 10.6. The Balaban J connectivity index is 1.85. The smallest absolute Gasteiger partial charge is 0.326 e. The van der Waals surface area contributed by atoms with Gasteiger partial charge in [-0.3, -0.25) is 14.9 Å². The number of nitrogens with zero attached hydrogens (tertiary/aromatic N) is 2. The second kappa shape index (κ2) is 11.0. The fourth-order valence-corrected chi connectivity index (χ4v) is 4.34. The number of nitrogens with one attached hydrogen (secondary N) is 2. The third-order valence-electron chi connectivity index (χ3n) is 6.20. The van der Waals surface area contributed by atoms with Crippen LogP contribution >= 0.6 is 0 Å². The van der Waals surface area contributed by atoms with Crippen LogP contribution in [0.3, 0.4) is 0 Å². The summed E-state index contributed by atoms with van der Waals surface area (Å²) in [6.45, 7) is 11.8. The van der Waals surface area contributed by atoms with Crippen molar-refractivity contribution < 1.29 is 19.4 Å². The van der Waals surface area contributed by atoms with E-state index in [2.05, 4.69) is 15.5 Å². The van der Waals surface area contributed by atoms with Gasteiger partial charge in [0.25, 0.3) is 5.56 Å². The molecule has 9 nitrogen and oxygen atoms in total. The average Bonchev–Trinajstić information content (AvgIpc) is 3.13. The Bertz CT molecular complexity index is 1110. The summed E-state index contributed by atoms with van der Waals surface area (Å²) in [4.78, 5) is 27.1. The Morgan fingerprint density at radius 2 is 1.94 bits per heavy atom. The fraction of sp³-hybridized carbons (Fsp3) is 0.556. The van der Waals surface area contributed by atoms with Crippen molar-refractivity contribution in [2.24, 2.45) is 7.05 Å². The van der Waals surface area contributed by atoms with E-state index in [1.807, 2.05) is 44.3 Å². The molecule has 4 atom stereocenters. The van der Waals surface area contributed by atoms with E-state index in [0.717, 1.165) is 22.5 Å². The number of benzene rings is 1. The number of methoxy groups -OCH3 is 1. The van der Waals surface area contributed by atoms with Crippen molar-refractivity contribution in [2.45, 2.75) is 78.1 Å². The minimum absolute atomic E-state index is 0.00384. The number of aromatic nitrogens is 1. The lowest BCUT2D eigenvalue weighted by atomic mass is 10.1. The van der Waals surface area contributed by atoms with Crippen LogP contribution in [0.2, 0.25) is 0 Å². The van der Waals surface area contributed by atoms with E-state index >= 15 is 0 Å². The van der Waals surface area contributed by atoms with Gasteiger partial charge in [0.2, 0.25) is 0 Å². The Hall–Kier alpha value is -2.88. The van der Waals surface area contributed by atoms with Crippen LogP contribution in [0.5, 0.6) is 0 Å². The number of rotatable bonds is 9. The molecule has 0 aliphatic carbocycles. The Kier molecular flexibility index (Phi) is 8.48. The van der Waals surface area contributed by atoms with Crippen LogP contribution < -0.4 is 21.1 Å². The molecular weight excluding hydrogens is 460 g/mol. The fourth-order valence-electron chi connectivity index (χ4n) is 4.34. The highest BCUT2D eigenvalue weighted by Gasteiger charge is 2.32. The van der Waals surface area contributed by atoms with E-state index in [1.54, 1.807) is 46.4 Å². The maximum Gasteiger partial charge on any atom is 0.326 e. The standard InChI is InChI=1S/C27H40N4O5/c1-16-11-20(15-30(7)25(16)33)24-29-21-12-19(9-10-22(21)31(24)14-17(2)35-8)13-28-23(18(3)32)26(34)36-27(4,5)6/h9-12,15,17-18,23-24,28-29,32H,13-14H2,1-8H3. The molecule has 0 spiro atoms. The van der Waals surface area contributed by atoms with Crippen molar-refractivity contribution in [2.75, 3.05) is 23.9 Å². The molecule has 3 N–H and O–H groups in total. The minimum Gasteiger partial charge on any atom is -0.459 e. The highest BCUT2D eigenvalue weighted by molar-refractivity contribution is 5.78. The lowest BCUT2D eigenvalue weighted by Crippen LogP contribution is -2.47. The molecule has 4 unspecified atom stereocenters. The molecule has 36 heavy (non-hydrogen) atoms. The molecule has 0 bridgehead atoms. The van der Waals surface area contributed by atoms with E-state index in [-0.39, 0.29) is 17.8 Å². The Morgan fingerprint density at radius 1 is 1.25 bits per heavy atom. The van der Waals surface area contributed by atoms with Gasteiger partial charge in [0, 0.05) is 44.6 Å². The lowest BCUT2D eigenvalue weighted by molar-refractivity contribution is -0.160. The van der Waals surface area contributed by atoms with Crippen LogP contribution in [-0.2, 0) is 27.9 Å². The maximum atomic E-state index is 12.6. The normalized spacial score (nSPS) is 17.8. The van der Waals surface area contributed by atoms with Crippen molar-refractivity contribution in [1.82, 2.24) is 9.88 Å². The Morgan fingerprint density at radius 3 is 2.53 bits per heavy atom. The zero-order chi connectivity index (χ0) is 26.8. The minimum atomic E-state index is -0.907. The largest absolute Gasteiger partial charge is 0.459 e. The van der Waals surface area contributed by atoms with Gasteiger partial charge in [0.15, 0.2) is 0 Å². The van der Waals surface area contributed by atoms with Crippen LogP contribution in [0.1, 0.15) is 57.5 Å². The van der Waals surface area contributed by atoms with E-state index in [1.165, 1.54) is 0 Å². The number of carbonyl (C=O) groups excluding carboxylic acids is 1. The Labute approximate surface area is 213 Å². The van der Waals surface area contributed by atoms with Gasteiger partial charge in [-0.15, -0.1) is 0 Å². The third-order valence-corrected chi connectivity index (χ3v) is 6.20. The summed E-state index contributed by atoms with van der Waals surface area (Å²) in [6.07, 6.45) is 0.782. The van der Waals surface area contributed by atoms with Crippen molar-refractivity contribution in [1.29, 1.82) is 0 Å². The molecule has 9 heteroatoms. The van der Waals surface area contributed by atoms with Crippen molar-refractivity contribution in [3.8, 4) is 0 Å². The average molecular weight is 501 g/mol. The predicted molar refractivity (Wildman–Crippen MR) is 141 cm³/mol. The molecule has 0 saturated carbocycles. The molecule has 2 aromatic rings. The zero-order valence-electron chi connectivity index (χ0n) is 22.6. The number of carbonyl (C=O) groups is 1. The number of ether oxygens (including phenoxy) is 2. The van der Waals surface area contributed by atoms with Gasteiger partial charge in [-0.1, -0.05) is 6.07 Å². The molecule has 2 heterocycles. The summed E-state index contributed by atoms with van der Waals surface area (Å²) >= 11 is 0. The summed E-state index contributed by atoms with van der Waals surface area (Å²) in [5.41, 5.74) is 3.93. The molecule has 1 aromatic heterocycles. The van der Waals surface area contributed by atoms with Gasteiger partial charge >= 0.3 is 5.97 Å². The molecular formula is C27H40N4O5. The number of esters is 1. The SMILES string of the molecule is COC(C)CN1c2ccc(CNC(C(=O)OC(C)(C)C)C(C)O)cc2NC1c1cc(C)c(=O)n(C)c1. The first kappa shape index (κ1) is 27.7. The molecule has 1 aliphatic rings. The maximum absolute atomic E-state index is 12.6. The van der Waals surface area contributed by atoms with Crippen molar-refractivity contribution in [3.05, 3.63) is 57.5 Å². The molecule has 198 valence electrons. The van der Waals surface area contributed by atoms with E-state index in [0.29, 0.717) is 18.7 Å². The summed E-state index contributed by atoms with van der Waals surface area (Å²) in [7, 11) is 3.45. The van der Waals surface area contributed by atoms with Crippen LogP contribution in [0.15, 0.2) is 35.3 Å². The van der Waals surface area contributed by atoms with Crippen LogP contribution in [0, 0.1) is 6.92 Å². The number of aliphatic hydroxyl groups is 1. The number of pyridine rings is 1. The topological polar surface area (TPSA) is 105 Å². The first-order valence-corrected chi connectivity index (χ1v) is 12.3. The first-order valence-electron chi connectivity index (χ1n) is 12.3. The predicted octanol–water partition coefficient (Wildman–Crippen LogP) is 2.84. The van der Waals surface area contributed by atoms with E-state index in [9.17, 15) is 14.7 Å². The van der Waals surface area contributed by atoms with Crippen molar-refractivity contribution >= 4 is 17.3 Å². The number of hydrogen-bond acceptors (Lipinski definition) is 8. The molecule has 3 rings (SSSR count). The molecule has 0 radical (unpaired) electrons. The molecule has 0 saturated heterocycles. The number of anilines is 2. The number of aliphatic hydroxyl groups excluding tert-OH is 1. The quantitative estimate of drug-likeness (QED) is 0.452. The van der Waals surface area contributed by atoms with Gasteiger partial charge in [0.1, 0.15) is 17.8 Å². The molecule has 1 aromatic carbocycles. The molecule has 1 aliphatic heterocycles. The third kappa shape index (κ3) is 6.46. The highest BCUT2D eigenvalue weighted by atomic mass is 16.6. The highest BCUT2D eigenvalue weighted by Crippen LogP contribution is 2.41. The van der Waals surface area contributed by atoms with Crippen LogP contribution in [-0.4, -0.2) is 53.1 Å². The van der Waals surface area contributed by atoms with E-state index < -0.39 is 23.7 Å². The van der Waals surface area contributed by atoms with Gasteiger partial charge in [-0.25, -0.2) is 0 Å². The lowest BCUT2D eigenvalue weighted by Gasteiger charge is -2.29. The molecule has 0 fully saturated rings. The van der Waals surface area contributed by atoms with Gasteiger partial charge in [-0.05, 0) is 65.3 Å². The zero-order valence-corrected chi connectivity index (χ0v) is 22.6. The van der Waals surface area contributed by atoms with Crippen LogP contribution in [0.25, 0.3) is 0 Å². The van der Waals surface area contributed by atoms with Gasteiger partial charge < -0.3 is 29.4 Å². The molecule has 0 amide bonds. The van der Waals surface area contributed by atoms with E-state index in [4.69, 9.17) is 9.47 Å². The summed E-state index contributed by atoms with van der Waals surface area (Å²) < 4.78 is 12.6. The summed E-state index contributed by atoms with van der Waals surface area (Å²) in [6, 6.07) is 7.16. The summed E-state index contributed by atoms with van der Waals surface area (Å²) in [5.74, 6) is -0.485. The summed E-state index contributed by atoms with van der Waals surface area (Å²) in [5, 5.41) is 16.9. The van der Waals surface area contributed by atoms with Crippen molar-refractivity contribution in [3.63, 3.8) is 0 Å². The second-order valence-electron chi connectivity index (χ2n) is 10.6. The number of aryl methyl sites for hydroxylation is 2.